The van der Waals surface area contributed by atoms with Crippen LogP contribution in [0.3, 0.4) is 0 Å². The maximum atomic E-state index is 12.4. The van der Waals surface area contributed by atoms with Gasteiger partial charge in [0.15, 0.2) is 5.76 Å². The molecule has 0 saturated carbocycles. The molecular weight excluding hydrogens is 326 g/mol. The molecule has 1 amide bonds. The second-order valence-corrected chi connectivity index (χ2v) is 7.10. The molecule has 3 heterocycles. The molecule has 1 aliphatic rings. The second kappa shape index (κ2) is 6.75. The van der Waals surface area contributed by atoms with Gasteiger partial charge in [-0.05, 0) is 24.1 Å². The molecule has 0 radical (unpaired) electrons. The van der Waals surface area contributed by atoms with Crippen molar-refractivity contribution in [3.63, 3.8) is 0 Å². The topological polar surface area (TPSA) is 59.2 Å². The zero-order valence-corrected chi connectivity index (χ0v) is 14.8. The van der Waals surface area contributed by atoms with Crippen LogP contribution in [0.15, 0.2) is 65.4 Å². The summed E-state index contributed by atoms with van der Waals surface area (Å²) >= 11 is 0. The number of pyridine rings is 1. The van der Waals surface area contributed by atoms with Crippen LogP contribution in [0.1, 0.15) is 31.1 Å². The van der Waals surface area contributed by atoms with E-state index in [4.69, 9.17) is 4.52 Å². The number of nitrogens with zero attached hydrogens (tertiary/aromatic N) is 3. The molecule has 2 aromatic heterocycles. The SMILES string of the molecule is C[C@]1(c2ccccc2)CCC(=O)N(Cc2cc(-c3cccnc3)no2)C1. The molecule has 5 nitrogen and oxygen atoms in total. The van der Waals surface area contributed by atoms with E-state index in [1.54, 1.807) is 12.4 Å². The molecule has 0 bridgehead atoms. The van der Waals surface area contributed by atoms with Gasteiger partial charge in [0.25, 0.3) is 0 Å². The van der Waals surface area contributed by atoms with Gasteiger partial charge in [-0.1, -0.05) is 42.4 Å². The highest BCUT2D eigenvalue weighted by atomic mass is 16.5. The van der Waals surface area contributed by atoms with Crippen molar-refractivity contribution in [3.8, 4) is 11.3 Å². The normalized spacial score (nSPS) is 20.3. The maximum absolute atomic E-state index is 12.4. The fourth-order valence-corrected chi connectivity index (χ4v) is 3.58. The van der Waals surface area contributed by atoms with E-state index in [9.17, 15) is 4.79 Å². The Morgan fingerprint density at radius 2 is 2.04 bits per heavy atom. The van der Waals surface area contributed by atoms with Crippen LogP contribution in [0.25, 0.3) is 11.3 Å². The summed E-state index contributed by atoms with van der Waals surface area (Å²) in [6, 6.07) is 16.1. The second-order valence-electron chi connectivity index (χ2n) is 7.10. The van der Waals surface area contributed by atoms with E-state index >= 15 is 0 Å². The average molecular weight is 347 g/mol. The molecule has 26 heavy (non-hydrogen) atoms. The van der Waals surface area contributed by atoms with Gasteiger partial charge in [0.1, 0.15) is 5.69 Å². The summed E-state index contributed by atoms with van der Waals surface area (Å²) in [5, 5.41) is 4.12. The van der Waals surface area contributed by atoms with Crippen molar-refractivity contribution in [2.45, 2.75) is 31.7 Å². The number of hydrogen-bond acceptors (Lipinski definition) is 4. The monoisotopic (exact) mass is 347 g/mol. The summed E-state index contributed by atoms with van der Waals surface area (Å²) < 4.78 is 5.47. The summed E-state index contributed by atoms with van der Waals surface area (Å²) in [5.41, 5.74) is 2.87. The molecule has 0 spiro atoms. The van der Waals surface area contributed by atoms with E-state index in [-0.39, 0.29) is 11.3 Å². The summed E-state index contributed by atoms with van der Waals surface area (Å²) in [6.45, 7) is 3.34. The number of rotatable bonds is 4. The van der Waals surface area contributed by atoms with Gasteiger partial charge >= 0.3 is 0 Å². The molecule has 5 heteroatoms. The number of hydrogen-bond donors (Lipinski definition) is 0. The third-order valence-electron chi connectivity index (χ3n) is 5.12. The quantitative estimate of drug-likeness (QED) is 0.720. The van der Waals surface area contributed by atoms with Crippen LogP contribution in [0.5, 0.6) is 0 Å². The van der Waals surface area contributed by atoms with Crippen LogP contribution in [-0.4, -0.2) is 27.5 Å². The highest BCUT2D eigenvalue weighted by Gasteiger charge is 2.36. The molecule has 1 fully saturated rings. The molecule has 1 aliphatic heterocycles. The van der Waals surface area contributed by atoms with Crippen LogP contribution in [0.4, 0.5) is 0 Å². The number of aromatic nitrogens is 2. The first-order chi connectivity index (χ1) is 12.6. The van der Waals surface area contributed by atoms with Gasteiger partial charge in [0, 0.05) is 42.4 Å². The van der Waals surface area contributed by atoms with Gasteiger partial charge in [-0.25, -0.2) is 0 Å². The molecule has 1 saturated heterocycles. The Morgan fingerprint density at radius 3 is 2.81 bits per heavy atom. The number of carbonyl (C=O) groups is 1. The summed E-state index contributed by atoms with van der Waals surface area (Å²) in [7, 11) is 0. The smallest absolute Gasteiger partial charge is 0.223 e. The Hall–Kier alpha value is -2.95. The van der Waals surface area contributed by atoms with E-state index < -0.39 is 0 Å². The van der Waals surface area contributed by atoms with Crippen LogP contribution >= 0.6 is 0 Å². The summed E-state index contributed by atoms with van der Waals surface area (Å²) in [4.78, 5) is 18.4. The standard InChI is InChI=1S/C21H21N3O2/c1-21(17-7-3-2-4-8-17)10-9-20(25)24(15-21)14-18-12-19(23-26-18)16-6-5-11-22-13-16/h2-8,11-13H,9-10,14-15H2,1H3/t21-/m0/s1. The Morgan fingerprint density at radius 1 is 1.19 bits per heavy atom. The summed E-state index contributed by atoms with van der Waals surface area (Å²) in [5.74, 6) is 0.854. The molecule has 1 atom stereocenters. The first-order valence-electron chi connectivity index (χ1n) is 8.83. The number of carbonyl (C=O) groups excluding carboxylic acids is 1. The van der Waals surface area contributed by atoms with Crippen LogP contribution in [0.2, 0.25) is 0 Å². The minimum absolute atomic E-state index is 0.0403. The van der Waals surface area contributed by atoms with Gasteiger partial charge in [-0.15, -0.1) is 0 Å². The number of piperidine rings is 1. The van der Waals surface area contributed by atoms with Gasteiger partial charge in [0.2, 0.25) is 5.91 Å². The Balaban J connectivity index is 1.52. The Labute approximate surface area is 152 Å². The lowest BCUT2D eigenvalue weighted by Crippen LogP contribution is -2.46. The molecule has 0 N–H and O–H groups in total. The highest BCUT2D eigenvalue weighted by Crippen LogP contribution is 2.34. The van der Waals surface area contributed by atoms with Crippen LogP contribution in [0, 0.1) is 0 Å². The maximum Gasteiger partial charge on any atom is 0.223 e. The van der Waals surface area contributed by atoms with Crippen molar-refractivity contribution in [2.24, 2.45) is 0 Å². The highest BCUT2D eigenvalue weighted by molar-refractivity contribution is 5.77. The molecule has 0 aliphatic carbocycles. The molecule has 3 aromatic rings. The predicted molar refractivity (Wildman–Crippen MR) is 98.2 cm³/mol. The molecule has 0 unspecified atom stereocenters. The third-order valence-corrected chi connectivity index (χ3v) is 5.12. The number of amides is 1. The van der Waals surface area contributed by atoms with E-state index in [0.717, 1.165) is 17.7 Å². The first-order valence-corrected chi connectivity index (χ1v) is 8.83. The van der Waals surface area contributed by atoms with E-state index in [1.165, 1.54) is 5.56 Å². The molecular formula is C21H21N3O2. The van der Waals surface area contributed by atoms with E-state index in [0.29, 0.717) is 25.3 Å². The fourth-order valence-electron chi connectivity index (χ4n) is 3.58. The molecule has 132 valence electrons. The van der Waals surface area contributed by atoms with Crippen LogP contribution in [-0.2, 0) is 16.8 Å². The first kappa shape index (κ1) is 16.5. The van der Waals surface area contributed by atoms with Gasteiger partial charge < -0.3 is 9.42 Å². The van der Waals surface area contributed by atoms with E-state index in [2.05, 4.69) is 41.3 Å². The third kappa shape index (κ3) is 3.25. The minimum atomic E-state index is -0.0403. The Kier molecular flexibility index (Phi) is 4.29. The molecule has 1 aromatic carbocycles. The van der Waals surface area contributed by atoms with Crippen molar-refractivity contribution in [1.29, 1.82) is 0 Å². The van der Waals surface area contributed by atoms with Gasteiger partial charge in [-0.2, -0.15) is 0 Å². The molecule has 4 rings (SSSR count). The van der Waals surface area contributed by atoms with Crippen molar-refractivity contribution in [1.82, 2.24) is 15.0 Å². The minimum Gasteiger partial charge on any atom is -0.359 e. The van der Waals surface area contributed by atoms with Crippen molar-refractivity contribution in [2.75, 3.05) is 6.54 Å². The van der Waals surface area contributed by atoms with Crippen molar-refractivity contribution < 1.29 is 9.32 Å². The van der Waals surface area contributed by atoms with E-state index in [1.807, 2.05) is 29.2 Å². The van der Waals surface area contributed by atoms with Crippen molar-refractivity contribution in [3.05, 3.63) is 72.2 Å². The number of benzene rings is 1. The zero-order chi connectivity index (χ0) is 18.0. The van der Waals surface area contributed by atoms with Crippen molar-refractivity contribution >= 4 is 5.91 Å². The largest absolute Gasteiger partial charge is 0.359 e. The van der Waals surface area contributed by atoms with Gasteiger partial charge in [-0.3, -0.25) is 9.78 Å². The summed E-state index contributed by atoms with van der Waals surface area (Å²) in [6.07, 6.45) is 4.89. The zero-order valence-electron chi connectivity index (χ0n) is 14.8. The lowest BCUT2D eigenvalue weighted by Gasteiger charge is -2.40. The lowest BCUT2D eigenvalue weighted by atomic mass is 9.75. The lowest BCUT2D eigenvalue weighted by molar-refractivity contribution is -0.136. The van der Waals surface area contributed by atoms with Gasteiger partial charge in [0.05, 0.1) is 6.54 Å². The fraction of sp³-hybridized carbons (Fsp3) is 0.286. The average Bonchev–Trinajstić information content (AvgIpc) is 3.15. The predicted octanol–water partition coefficient (Wildman–Crippen LogP) is 3.82. The van der Waals surface area contributed by atoms with Crippen LogP contribution < -0.4 is 0 Å². The Bertz CT molecular complexity index is 892. The number of likely N-dealkylation sites (tertiary alicyclic amines) is 1.